The molecule has 1 saturated heterocycles. The van der Waals surface area contributed by atoms with Gasteiger partial charge in [0, 0.05) is 0 Å². The summed E-state index contributed by atoms with van der Waals surface area (Å²) in [6, 6.07) is 16.7. The molecule has 2 aromatic carbocycles. The summed E-state index contributed by atoms with van der Waals surface area (Å²) in [5.41, 5.74) is 0.427. The molecule has 3 rings (SSSR count). The van der Waals surface area contributed by atoms with Crippen LogP contribution in [0.5, 0.6) is 5.75 Å². The quantitative estimate of drug-likeness (QED) is 0.823. The normalized spacial score (nSPS) is 18.6. The topological polar surface area (TPSA) is 106 Å². The molecule has 134 valence electrons. The predicted octanol–water partition coefficient (Wildman–Crippen LogP) is 2.28. The number of nitrogens with zero attached hydrogens (tertiary/aromatic N) is 3. The van der Waals surface area contributed by atoms with Crippen LogP contribution >= 0.6 is 0 Å². The van der Waals surface area contributed by atoms with Crippen LogP contribution in [0.4, 0.5) is 4.79 Å². The molecule has 0 aromatic heterocycles. The molecule has 1 heterocycles. The summed E-state index contributed by atoms with van der Waals surface area (Å²) in [6.07, 6.45) is 0. The Morgan fingerprint density at radius 2 is 1.56 bits per heavy atom. The zero-order chi connectivity index (χ0) is 19.4. The van der Waals surface area contributed by atoms with Gasteiger partial charge in [-0.2, -0.15) is 10.5 Å². The molecule has 0 radical (unpaired) electrons. The highest BCUT2D eigenvalue weighted by molar-refractivity contribution is 6.07. The summed E-state index contributed by atoms with van der Waals surface area (Å²) in [6.45, 7) is 1.86. The van der Waals surface area contributed by atoms with Gasteiger partial charge in [-0.3, -0.25) is 9.69 Å². The lowest BCUT2D eigenvalue weighted by Gasteiger charge is -2.22. The van der Waals surface area contributed by atoms with Gasteiger partial charge in [-0.15, -0.1) is 0 Å². The average Bonchev–Trinajstić information content (AvgIpc) is 2.92. The average molecular weight is 360 g/mol. The van der Waals surface area contributed by atoms with E-state index in [9.17, 15) is 9.59 Å². The Labute approximate surface area is 156 Å². The Kier molecular flexibility index (Phi) is 4.78. The Morgan fingerprint density at radius 1 is 1.00 bits per heavy atom. The van der Waals surface area contributed by atoms with Gasteiger partial charge >= 0.3 is 6.03 Å². The molecule has 1 fully saturated rings. The first-order valence-electron chi connectivity index (χ1n) is 8.25. The van der Waals surface area contributed by atoms with Gasteiger partial charge in [0.2, 0.25) is 0 Å². The van der Waals surface area contributed by atoms with Crippen LogP contribution in [0, 0.1) is 22.7 Å². The third kappa shape index (κ3) is 3.44. The molecular formula is C20H16N4O3. The second kappa shape index (κ2) is 7.19. The molecule has 1 aliphatic heterocycles. The van der Waals surface area contributed by atoms with Crippen molar-refractivity contribution in [3.05, 3.63) is 65.2 Å². The van der Waals surface area contributed by atoms with Crippen LogP contribution in [-0.4, -0.2) is 30.0 Å². The molecule has 0 spiro atoms. The number of benzene rings is 2. The summed E-state index contributed by atoms with van der Waals surface area (Å²) in [4.78, 5) is 26.2. The predicted molar refractivity (Wildman–Crippen MR) is 95.4 cm³/mol. The van der Waals surface area contributed by atoms with Crippen molar-refractivity contribution in [1.82, 2.24) is 10.2 Å². The van der Waals surface area contributed by atoms with E-state index in [0.29, 0.717) is 22.4 Å². The Morgan fingerprint density at radius 3 is 2.11 bits per heavy atom. The maximum atomic E-state index is 12.8. The molecule has 3 amide bonds. The van der Waals surface area contributed by atoms with Crippen molar-refractivity contribution < 1.29 is 14.3 Å². The van der Waals surface area contributed by atoms with Crippen LogP contribution in [0.1, 0.15) is 23.6 Å². The number of rotatable bonds is 5. The van der Waals surface area contributed by atoms with Crippen LogP contribution in [0.3, 0.4) is 0 Å². The zero-order valence-electron chi connectivity index (χ0n) is 14.6. The smallest absolute Gasteiger partial charge is 0.325 e. The van der Waals surface area contributed by atoms with E-state index in [1.165, 1.54) is 0 Å². The summed E-state index contributed by atoms with van der Waals surface area (Å²) < 4.78 is 5.55. The van der Waals surface area contributed by atoms with Crippen LogP contribution in [0.25, 0.3) is 0 Å². The van der Waals surface area contributed by atoms with Crippen molar-refractivity contribution in [1.29, 1.82) is 10.5 Å². The first-order valence-corrected chi connectivity index (χ1v) is 8.25. The van der Waals surface area contributed by atoms with E-state index in [1.54, 1.807) is 55.5 Å². The molecular weight excluding hydrogens is 344 g/mol. The highest BCUT2D eigenvalue weighted by Crippen LogP contribution is 2.28. The van der Waals surface area contributed by atoms with Crippen molar-refractivity contribution >= 4 is 11.9 Å². The standard InChI is InChI=1S/C20H16N4O3/c1-20(16-6-2-14(12-21)3-7-16)18(25)24(19(26)23-20)10-11-27-17-8-4-15(13-22)5-9-17/h2-9H,10-11H2,1H3,(H,23,26)/t20-/m0/s1. The van der Waals surface area contributed by atoms with Crippen LogP contribution in [0.2, 0.25) is 0 Å². The third-order valence-electron chi connectivity index (χ3n) is 4.43. The van der Waals surface area contributed by atoms with E-state index in [4.69, 9.17) is 15.3 Å². The van der Waals surface area contributed by atoms with E-state index in [1.807, 2.05) is 12.1 Å². The Bertz CT molecular complexity index is 955. The van der Waals surface area contributed by atoms with Crippen LogP contribution < -0.4 is 10.1 Å². The number of amides is 3. The van der Waals surface area contributed by atoms with Gasteiger partial charge < -0.3 is 10.1 Å². The number of ether oxygens (including phenoxy) is 1. The fourth-order valence-electron chi connectivity index (χ4n) is 2.85. The largest absolute Gasteiger partial charge is 0.492 e. The van der Waals surface area contributed by atoms with Gasteiger partial charge in [0.1, 0.15) is 17.9 Å². The Hall–Kier alpha value is -3.84. The maximum Gasteiger partial charge on any atom is 0.325 e. The first-order chi connectivity index (χ1) is 13.0. The van der Waals surface area contributed by atoms with Crippen molar-refractivity contribution in [2.45, 2.75) is 12.5 Å². The SMILES string of the molecule is C[C@@]1(c2ccc(C#N)cc2)NC(=O)N(CCOc2ccc(C#N)cc2)C1=O. The van der Waals surface area contributed by atoms with E-state index in [2.05, 4.69) is 5.32 Å². The lowest BCUT2D eigenvalue weighted by atomic mass is 9.91. The van der Waals surface area contributed by atoms with Crippen LogP contribution in [-0.2, 0) is 10.3 Å². The summed E-state index contributed by atoms with van der Waals surface area (Å²) in [5.74, 6) is 0.177. The molecule has 0 aliphatic carbocycles. The minimum absolute atomic E-state index is 0.0938. The number of carbonyl (C=O) groups excluding carboxylic acids is 2. The van der Waals surface area contributed by atoms with Gasteiger partial charge in [-0.1, -0.05) is 12.1 Å². The number of hydrogen-bond donors (Lipinski definition) is 1. The molecule has 2 aromatic rings. The molecule has 27 heavy (non-hydrogen) atoms. The van der Waals surface area contributed by atoms with Crippen molar-refractivity contribution in [2.24, 2.45) is 0 Å². The number of hydrogen-bond acceptors (Lipinski definition) is 5. The highest BCUT2D eigenvalue weighted by atomic mass is 16.5. The number of urea groups is 1. The minimum Gasteiger partial charge on any atom is -0.492 e. The summed E-state index contributed by atoms with van der Waals surface area (Å²) >= 11 is 0. The van der Waals surface area contributed by atoms with Gasteiger partial charge in [-0.25, -0.2) is 4.79 Å². The molecule has 0 saturated carbocycles. The van der Waals surface area contributed by atoms with E-state index in [-0.39, 0.29) is 19.1 Å². The second-order valence-corrected chi connectivity index (χ2v) is 6.19. The number of nitriles is 2. The molecule has 0 bridgehead atoms. The number of nitrogens with one attached hydrogen (secondary N) is 1. The lowest BCUT2D eigenvalue weighted by molar-refractivity contribution is -0.131. The zero-order valence-corrected chi connectivity index (χ0v) is 14.6. The lowest BCUT2D eigenvalue weighted by Crippen LogP contribution is -2.41. The van der Waals surface area contributed by atoms with E-state index < -0.39 is 11.6 Å². The van der Waals surface area contributed by atoms with Crippen molar-refractivity contribution in [3.63, 3.8) is 0 Å². The van der Waals surface area contributed by atoms with Gasteiger partial charge in [0.15, 0.2) is 0 Å². The second-order valence-electron chi connectivity index (χ2n) is 6.19. The van der Waals surface area contributed by atoms with Gasteiger partial charge in [0.05, 0.1) is 29.8 Å². The number of imide groups is 1. The van der Waals surface area contributed by atoms with E-state index in [0.717, 1.165) is 4.90 Å². The molecule has 0 unspecified atom stereocenters. The fraction of sp³-hybridized carbons (Fsp3) is 0.200. The van der Waals surface area contributed by atoms with Gasteiger partial charge in [0.25, 0.3) is 5.91 Å². The highest BCUT2D eigenvalue weighted by Gasteiger charge is 2.48. The monoisotopic (exact) mass is 360 g/mol. The summed E-state index contributed by atoms with van der Waals surface area (Å²) in [5, 5.41) is 20.4. The molecule has 1 aliphatic rings. The fourth-order valence-corrected chi connectivity index (χ4v) is 2.85. The third-order valence-corrected chi connectivity index (χ3v) is 4.43. The number of carbonyl (C=O) groups is 2. The first kappa shape index (κ1) is 18.0. The van der Waals surface area contributed by atoms with Crippen molar-refractivity contribution in [3.8, 4) is 17.9 Å². The van der Waals surface area contributed by atoms with Crippen molar-refractivity contribution in [2.75, 3.05) is 13.2 Å². The Balaban J connectivity index is 1.66. The van der Waals surface area contributed by atoms with Crippen LogP contribution in [0.15, 0.2) is 48.5 Å². The van der Waals surface area contributed by atoms with E-state index >= 15 is 0 Å². The molecule has 1 N–H and O–H groups in total. The summed E-state index contributed by atoms with van der Waals surface area (Å²) in [7, 11) is 0. The minimum atomic E-state index is -1.18. The molecule has 7 nitrogen and oxygen atoms in total. The van der Waals surface area contributed by atoms with Gasteiger partial charge in [-0.05, 0) is 48.9 Å². The molecule has 1 atom stereocenters. The maximum absolute atomic E-state index is 12.8. The molecule has 7 heteroatoms.